The number of carbonyl (C=O) groups is 1. The van der Waals surface area contributed by atoms with E-state index in [1.54, 1.807) is 36.7 Å². The molecule has 3 atom stereocenters. The first-order valence-corrected chi connectivity index (χ1v) is 14.4. The number of hydrogen-bond acceptors (Lipinski definition) is 5. The summed E-state index contributed by atoms with van der Waals surface area (Å²) in [6, 6.07) is 16.1. The smallest absolute Gasteiger partial charge is 0.363 e. The maximum atomic E-state index is 13.3. The molecule has 0 fully saturated rings. The number of benzene rings is 2. The van der Waals surface area contributed by atoms with Crippen molar-refractivity contribution in [3.63, 3.8) is 0 Å². The van der Waals surface area contributed by atoms with E-state index >= 15 is 0 Å². The van der Waals surface area contributed by atoms with E-state index in [4.69, 9.17) is 0 Å². The average Bonchev–Trinajstić information content (AvgIpc) is 3.50. The van der Waals surface area contributed by atoms with Gasteiger partial charge in [-0.2, -0.15) is 13.2 Å². The molecule has 2 aromatic heterocycles. The number of nitrogens with zero attached hydrogens (tertiary/aromatic N) is 3. The Morgan fingerprint density at radius 3 is 2.51 bits per heavy atom. The molecular weight excluding hydrogens is 582 g/mol. The number of amides is 1. The molecule has 1 aliphatic heterocycles. The van der Waals surface area contributed by atoms with Gasteiger partial charge in [-0.3, -0.25) is 9.78 Å². The lowest BCUT2D eigenvalue weighted by Crippen LogP contribution is -2.43. The van der Waals surface area contributed by atoms with Crippen LogP contribution in [0.3, 0.4) is 0 Å². The lowest BCUT2D eigenvalue weighted by molar-refractivity contribution is -0.137. The van der Waals surface area contributed by atoms with Crippen LogP contribution in [0.25, 0.3) is 11.3 Å². The predicted octanol–water partition coefficient (Wildman–Crippen LogP) is 6.05. The Labute approximate surface area is 248 Å². The maximum Gasteiger partial charge on any atom is 0.416 e. The molecule has 0 spiro atoms. The zero-order valence-electron chi connectivity index (χ0n) is 22.9. The Balaban J connectivity index is 1.36. The van der Waals surface area contributed by atoms with Gasteiger partial charge in [0.1, 0.15) is 28.7 Å². The van der Waals surface area contributed by atoms with Crippen LogP contribution >= 0.6 is 0 Å². The molecule has 43 heavy (non-hydrogen) atoms. The van der Waals surface area contributed by atoms with E-state index in [1.807, 2.05) is 19.1 Å². The predicted molar refractivity (Wildman–Crippen MR) is 155 cm³/mol. The highest BCUT2D eigenvalue weighted by atomic mass is 32.2. The van der Waals surface area contributed by atoms with Crippen LogP contribution in [-0.2, 0) is 28.5 Å². The van der Waals surface area contributed by atoms with Gasteiger partial charge in [-0.1, -0.05) is 30.4 Å². The van der Waals surface area contributed by atoms with Gasteiger partial charge in [-0.25, -0.2) is 17.9 Å². The van der Waals surface area contributed by atoms with Gasteiger partial charge in [0.15, 0.2) is 0 Å². The normalized spacial score (nSPS) is 16.5. The zero-order valence-corrected chi connectivity index (χ0v) is 23.7. The molecule has 0 saturated heterocycles. The van der Waals surface area contributed by atoms with Crippen molar-refractivity contribution in [2.24, 2.45) is 0 Å². The molecule has 222 valence electrons. The second kappa shape index (κ2) is 12.8. The number of halogens is 4. The topological polar surface area (TPSA) is 87.2 Å². The van der Waals surface area contributed by atoms with E-state index in [0.717, 1.165) is 17.7 Å². The van der Waals surface area contributed by atoms with Crippen LogP contribution in [0.5, 0.6) is 0 Å². The Bertz CT molecular complexity index is 1630. The molecule has 0 saturated carbocycles. The molecule has 12 heteroatoms. The first kappa shape index (κ1) is 30.1. The van der Waals surface area contributed by atoms with Crippen LogP contribution in [0, 0.1) is 5.82 Å². The average molecular weight is 610 g/mol. The largest absolute Gasteiger partial charge is 0.416 e. The molecule has 2 N–H and O–H groups in total. The maximum absolute atomic E-state index is 13.3. The zero-order chi connectivity index (χ0) is 30.6. The number of carbonyl (C=O) groups excluding carboxylic acids is 1. The van der Waals surface area contributed by atoms with Crippen LogP contribution in [0.15, 0.2) is 102 Å². The molecule has 0 bridgehead atoms. The number of hydrogen-bond donors (Lipinski definition) is 2. The van der Waals surface area contributed by atoms with Gasteiger partial charge < -0.3 is 10.6 Å². The fraction of sp³-hybridized carbons (Fsp3) is 0.194. The van der Waals surface area contributed by atoms with Gasteiger partial charge in [-0.15, -0.1) is 0 Å². The standard InChI is InChI=1S/C31H27F4N5O2S/c1-20(23-4-2-14-36-19-23)38-29-17-21(16-27(39-29)22-6-8-24(9-7-22)31(33,34)35)18-37-30(41)28-5-3-15-40(28)43(42)26-12-10-25(32)11-13-26/h2-14,16-17,19-20,28H,15,18H2,1H3,(H,37,41)(H,38,39)/t20?,28-,43?/m0/s1. The first-order valence-electron chi connectivity index (χ1n) is 13.3. The molecule has 1 aliphatic rings. The van der Waals surface area contributed by atoms with Gasteiger partial charge >= 0.3 is 6.18 Å². The Morgan fingerprint density at radius 2 is 1.84 bits per heavy atom. The van der Waals surface area contributed by atoms with E-state index in [2.05, 4.69) is 20.6 Å². The van der Waals surface area contributed by atoms with Crippen LogP contribution < -0.4 is 10.6 Å². The number of pyridine rings is 2. The number of aromatic nitrogens is 2. The highest BCUT2D eigenvalue weighted by molar-refractivity contribution is 7.82. The minimum absolute atomic E-state index is 0.0757. The third kappa shape index (κ3) is 7.33. The molecule has 5 rings (SSSR count). The molecule has 7 nitrogen and oxygen atoms in total. The van der Waals surface area contributed by atoms with Gasteiger partial charge in [0.25, 0.3) is 0 Å². The highest BCUT2D eigenvalue weighted by Crippen LogP contribution is 2.31. The monoisotopic (exact) mass is 609 g/mol. The summed E-state index contributed by atoms with van der Waals surface area (Å²) in [4.78, 5) is 22.3. The first-order chi connectivity index (χ1) is 20.6. The third-order valence-electron chi connectivity index (χ3n) is 6.82. The van der Waals surface area contributed by atoms with Crippen LogP contribution in [0.1, 0.15) is 29.7 Å². The fourth-order valence-corrected chi connectivity index (χ4v) is 5.78. The van der Waals surface area contributed by atoms with E-state index in [9.17, 15) is 26.6 Å². The highest BCUT2D eigenvalue weighted by Gasteiger charge is 2.32. The van der Waals surface area contributed by atoms with Gasteiger partial charge in [0, 0.05) is 31.0 Å². The van der Waals surface area contributed by atoms with Crippen molar-refractivity contribution in [2.45, 2.75) is 36.6 Å². The summed E-state index contributed by atoms with van der Waals surface area (Å²) in [5, 5.41) is 6.17. The lowest BCUT2D eigenvalue weighted by atomic mass is 10.1. The Kier molecular flexibility index (Phi) is 8.97. The van der Waals surface area contributed by atoms with Gasteiger partial charge in [0.2, 0.25) is 5.91 Å². The van der Waals surface area contributed by atoms with E-state index in [1.165, 1.54) is 40.7 Å². The summed E-state index contributed by atoms with van der Waals surface area (Å²) < 4.78 is 67.3. The Morgan fingerprint density at radius 1 is 1.09 bits per heavy atom. The van der Waals surface area contributed by atoms with Crippen molar-refractivity contribution in [2.75, 3.05) is 11.9 Å². The number of anilines is 1. The van der Waals surface area contributed by atoms with Gasteiger partial charge in [-0.05, 0) is 72.6 Å². The van der Waals surface area contributed by atoms with E-state index in [-0.39, 0.29) is 19.1 Å². The molecule has 0 radical (unpaired) electrons. The van der Waals surface area contributed by atoms with E-state index < -0.39 is 40.5 Å². The molecule has 2 unspecified atom stereocenters. The van der Waals surface area contributed by atoms with Crippen molar-refractivity contribution < 1.29 is 26.6 Å². The van der Waals surface area contributed by atoms with E-state index in [0.29, 0.717) is 27.5 Å². The number of alkyl halides is 3. The molecule has 1 amide bonds. The van der Waals surface area contributed by atoms with Crippen LogP contribution in [0.2, 0.25) is 0 Å². The van der Waals surface area contributed by atoms with Crippen molar-refractivity contribution >= 4 is 22.7 Å². The second-order valence-corrected chi connectivity index (χ2v) is 11.3. The van der Waals surface area contributed by atoms with Crippen molar-refractivity contribution in [1.82, 2.24) is 19.6 Å². The van der Waals surface area contributed by atoms with Crippen molar-refractivity contribution in [3.8, 4) is 11.3 Å². The molecule has 0 aliphatic carbocycles. The molecule has 2 aromatic carbocycles. The quantitative estimate of drug-likeness (QED) is 0.178. The van der Waals surface area contributed by atoms with Crippen molar-refractivity contribution in [3.05, 3.63) is 120 Å². The third-order valence-corrected chi connectivity index (χ3v) is 8.30. The summed E-state index contributed by atoms with van der Waals surface area (Å²) >= 11 is 0. The lowest BCUT2D eigenvalue weighted by Gasteiger charge is -2.22. The summed E-state index contributed by atoms with van der Waals surface area (Å²) in [6.07, 6.45) is 2.31. The minimum Gasteiger partial charge on any atom is -0.363 e. The van der Waals surface area contributed by atoms with Crippen molar-refractivity contribution in [1.29, 1.82) is 0 Å². The van der Waals surface area contributed by atoms with Crippen LogP contribution in [-0.4, -0.2) is 37.0 Å². The van der Waals surface area contributed by atoms with Gasteiger partial charge in [0.05, 0.1) is 22.2 Å². The number of nitrogens with one attached hydrogen (secondary N) is 2. The van der Waals surface area contributed by atoms with Crippen LogP contribution in [0.4, 0.5) is 23.4 Å². The summed E-state index contributed by atoms with van der Waals surface area (Å²) in [5.74, 6) is -0.389. The molecular formula is C31H27F4N5O2S. The summed E-state index contributed by atoms with van der Waals surface area (Å²) in [7, 11) is -1.69. The molecule has 3 heterocycles. The molecule has 4 aromatic rings. The Hall–Kier alpha value is -4.42. The minimum atomic E-state index is -4.47. The SMILES string of the molecule is CC(Nc1cc(CNC(=O)[C@@H]2C=CCN2S(=O)c2ccc(F)cc2)cc(-c2ccc(C(F)(F)F)cc2)n1)c1cccnc1. The second-order valence-electron chi connectivity index (χ2n) is 9.87. The number of rotatable bonds is 9. The summed E-state index contributed by atoms with van der Waals surface area (Å²) in [5.41, 5.74) is 1.67. The fourth-order valence-electron chi connectivity index (χ4n) is 4.55. The summed E-state index contributed by atoms with van der Waals surface area (Å²) in [6.45, 7) is 2.27.